The van der Waals surface area contributed by atoms with E-state index < -0.39 is 53.6 Å². The zero-order chi connectivity index (χ0) is 21.1. The molecule has 1 aromatic rings. The molecule has 0 saturated carbocycles. The van der Waals surface area contributed by atoms with Crippen molar-refractivity contribution in [1.82, 2.24) is 0 Å². The summed E-state index contributed by atoms with van der Waals surface area (Å²) in [5, 5.41) is 0. The molecule has 1 unspecified atom stereocenters. The first-order valence-corrected chi connectivity index (χ1v) is 7.22. The van der Waals surface area contributed by atoms with E-state index in [1.807, 2.05) is 0 Å². The molecule has 12 heteroatoms. The van der Waals surface area contributed by atoms with Crippen molar-refractivity contribution >= 4 is 5.71 Å². The number of rotatable bonds is 4. The van der Waals surface area contributed by atoms with Crippen molar-refractivity contribution in [3.8, 4) is 0 Å². The SMILES string of the molecule is CC1CN=C(C(F)(F)C(F)(F)C(F)(F)C(F)(F)C(F)(F)F)c2ccccc21. The van der Waals surface area contributed by atoms with Crippen LogP contribution in [0.2, 0.25) is 0 Å². The molecule has 1 atom stereocenters. The molecule has 1 heterocycles. The first kappa shape index (κ1) is 21.4. The zero-order valence-corrected chi connectivity index (χ0v) is 13.2. The van der Waals surface area contributed by atoms with Crippen molar-refractivity contribution in [1.29, 1.82) is 0 Å². The molecule has 0 aliphatic carbocycles. The Bertz CT molecular complexity index is 748. The largest absolute Gasteiger partial charge is 0.460 e. The van der Waals surface area contributed by atoms with Gasteiger partial charge in [0.1, 0.15) is 5.71 Å². The van der Waals surface area contributed by atoms with Gasteiger partial charge in [0.25, 0.3) is 0 Å². The fourth-order valence-electron chi connectivity index (χ4n) is 2.54. The summed E-state index contributed by atoms with van der Waals surface area (Å²) in [6, 6.07) is 4.41. The fraction of sp³-hybridized carbons (Fsp3) is 0.533. The third-order valence-corrected chi connectivity index (χ3v) is 4.11. The minimum absolute atomic E-state index is 0.0103. The predicted molar refractivity (Wildman–Crippen MR) is 72.1 cm³/mol. The maximum absolute atomic E-state index is 14.2. The molecule has 0 amide bonds. The summed E-state index contributed by atoms with van der Waals surface area (Å²) in [4.78, 5) is 3.07. The minimum atomic E-state index is -7.44. The van der Waals surface area contributed by atoms with Gasteiger partial charge in [-0.1, -0.05) is 31.2 Å². The summed E-state index contributed by atoms with van der Waals surface area (Å²) >= 11 is 0. The predicted octanol–water partition coefficient (Wildman–Crippen LogP) is 5.70. The van der Waals surface area contributed by atoms with Crippen LogP contribution in [0.4, 0.5) is 48.3 Å². The van der Waals surface area contributed by atoms with Crippen LogP contribution in [0.1, 0.15) is 24.0 Å². The summed E-state index contributed by atoms with van der Waals surface area (Å²) in [7, 11) is 0. The van der Waals surface area contributed by atoms with Gasteiger partial charge in [-0.3, -0.25) is 4.99 Å². The molecule has 1 aliphatic heterocycles. The molecule has 1 nitrogen and oxygen atoms in total. The molecule has 152 valence electrons. The maximum Gasteiger partial charge on any atom is 0.460 e. The molecule has 1 aliphatic rings. The molecular formula is C15H10F11N. The average Bonchev–Trinajstić information content (AvgIpc) is 2.53. The van der Waals surface area contributed by atoms with Gasteiger partial charge in [0.15, 0.2) is 0 Å². The second-order valence-electron chi connectivity index (χ2n) is 5.97. The van der Waals surface area contributed by atoms with Crippen molar-refractivity contribution in [2.75, 3.05) is 6.54 Å². The summed E-state index contributed by atoms with van der Waals surface area (Å²) in [5.41, 5.74) is -2.71. The first-order valence-electron chi connectivity index (χ1n) is 7.22. The Kier molecular flexibility index (Phi) is 4.81. The topological polar surface area (TPSA) is 12.4 Å². The highest BCUT2D eigenvalue weighted by molar-refractivity contribution is 6.08. The average molecular weight is 413 g/mol. The molecule has 2 rings (SSSR count). The van der Waals surface area contributed by atoms with E-state index in [0.29, 0.717) is 0 Å². The smallest absolute Gasteiger partial charge is 0.282 e. The second-order valence-corrected chi connectivity index (χ2v) is 5.97. The van der Waals surface area contributed by atoms with Gasteiger partial charge < -0.3 is 0 Å². The summed E-state index contributed by atoms with van der Waals surface area (Å²) in [5.74, 6) is -28.6. The van der Waals surface area contributed by atoms with Gasteiger partial charge in [-0.05, 0) is 5.56 Å². The van der Waals surface area contributed by atoms with E-state index in [9.17, 15) is 48.3 Å². The summed E-state index contributed by atoms with van der Waals surface area (Å²) in [6.07, 6.45) is -7.18. The second kappa shape index (κ2) is 6.06. The van der Waals surface area contributed by atoms with Crippen molar-refractivity contribution < 1.29 is 48.3 Å². The highest BCUT2D eigenvalue weighted by atomic mass is 19.4. The van der Waals surface area contributed by atoms with Crippen LogP contribution in [-0.4, -0.2) is 42.1 Å². The number of halogens is 11. The standard InChI is InChI=1S/C15H10F11N/c1-7-6-27-10(9-5-3-2-4-8(7)9)11(16,17)12(18,19)13(20,21)14(22,23)15(24,25)26/h2-5,7H,6H2,1H3. The molecule has 0 radical (unpaired) electrons. The summed E-state index contributed by atoms with van der Waals surface area (Å²) in [6.45, 7) is 0.876. The van der Waals surface area contributed by atoms with Crippen LogP contribution in [0.15, 0.2) is 29.3 Å². The molecule has 0 bridgehead atoms. The van der Waals surface area contributed by atoms with Gasteiger partial charge in [0, 0.05) is 18.0 Å². The fourth-order valence-corrected chi connectivity index (χ4v) is 2.54. The highest BCUT2D eigenvalue weighted by Gasteiger charge is 2.87. The Balaban J connectivity index is 2.61. The van der Waals surface area contributed by atoms with Crippen LogP contribution >= 0.6 is 0 Å². The number of fused-ring (bicyclic) bond motifs is 1. The van der Waals surface area contributed by atoms with Gasteiger partial charge in [-0.15, -0.1) is 0 Å². The number of benzene rings is 1. The van der Waals surface area contributed by atoms with Crippen LogP contribution in [0, 0.1) is 0 Å². The molecule has 0 fully saturated rings. The third-order valence-electron chi connectivity index (χ3n) is 4.11. The van der Waals surface area contributed by atoms with E-state index in [1.54, 1.807) is 0 Å². The quantitative estimate of drug-likeness (QED) is 0.562. The Morgan fingerprint density at radius 2 is 1.30 bits per heavy atom. The van der Waals surface area contributed by atoms with Crippen LogP contribution in [0.5, 0.6) is 0 Å². The number of aliphatic imine (C=N–C) groups is 1. The number of hydrogen-bond acceptors (Lipinski definition) is 1. The van der Waals surface area contributed by atoms with Gasteiger partial charge in [-0.25, -0.2) is 0 Å². The van der Waals surface area contributed by atoms with E-state index in [-0.39, 0.29) is 5.56 Å². The van der Waals surface area contributed by atoms with Crippen molar-refractivity contribution in [2.24, 2.45) is 4.99 Å². The Labute approximate surface area is 144 Å². The van der Waals surface area contributed by atoms with Crippen LogP contribution in [0.3, 0.4) is 0 Å². The van der Waals surface area contributed by atoms with E-state index >= 15 is 0 Å². The third kappa shape index (κ3) is 2.87. The lowest BCUT2D eigenvalue weighted by Crippen LogP contribution is -2.68. The van der Waals surface area contributed by atoms with E-state index in [4.69, 9.17) is 0 Å². The molecule has 0 aromatic heterocycles. The lowest BCUT2D eigenvalue weighted by atomic mass is 9.85. The van der Waals surface area contributed by atoms with Crippen molar-refractivity contribution in [3.05, 3.63) is 35.4 Å². The molecule has 0 N–H and O–H groups in total. The van der Waals surface area contributed by atoms with E-state index in [0.717, 1.165) is 12.1 Å². The van der Waals surface area contributed by atoms with Gasteiger partial charge in [0.05, 0.1) is 0 Å². The zero-order valence-electron chi connectivity index (χ0n) is 13.2. The Morgan fingerprint density at radius 1 is 0.778 bits per heavy atom. The maximum atomic E-state index is 14.2. The number of hydrogen-bond donors (Lipinski definition) is 0. The number of nitrogens with zero attached hydrogens (tertiary/aromatic N) is 1. The van der Waals surface area contributed by atoms with Crippen LogP contribution < -0.4 is 0 Å². The molecular weight excluding hydrogens is 403 g/mol. The Hall–Kier alpha value is -1.88. The lowest BCUT2D eigenvalue weighted by molar-refractivity contribution is -0.414. The first-order chi connectivity index (χ1) is 12.0. The van der Waals surface area contributed by atoms with Crippen LogP contribution in [-0.2, 0) is 0 Å². The minimum Gasteiger partial charge on any atom is -0.282 e. The summed E-state index contributed by atoms with van der Waals surface area (Å²) < 4.78 is 145. The van der Waals surface area contributed by atoms with Crippen LogP contribution in [0.25, 0.3) is 0 Å². The van der Waals surface area contributed by atoms with Gasteiger partial charge >= 0.3 is 29.9 Å². The van der Waals surface area contributed by atoms with Crippen molar-refractivity contribution in [3.63, 3.8) is 0 Å². The highest BCUT2D eigenvalue weighted by Crippen LogP contribution is 2.58. The Morgan fingerprint density at radius 3 is 1.81 bits per heavy atom. The van der Waals surface area contributed by atoms with Gasteiger partial charge in [-0.2, -0.15) is 48.3 Å². The van der Waals surface area contributed by atoms with E-state index in [1.165, 1.54) is 19.1 Å². The molecule has 0 saturated heterocycles. The molecule has 27 heavy (non-hydrogen) atoms. The van der Waals surface area contributed by atoms with Gasteiger partial charge in [0.2, 0.25) is 0 Å². The van der Waals surface area contributed by atoms with E-state index in [2.05, 4.69) is 4.99 Å². The lowest BCUT2D eigenvalue weighted by Gasteiger charge is -2.38. The van der Waals surface area contributed by atoms with Crippen molar-refractivity contribution in [2.45, 2.75) is 42.7 Å². The molecule has 1 aromatic carbocycles. The monoisotopic (exact) mass is 413 g/mol. The number of alkyl halides is 11. The molecule has 0 spiro atoms. The normalized spacial score (nSPS) is 19.6.